The molecule has 84 valence electrons. The molecule has 1 aromatic rings. The van der Waals surface area contributed by atoms with E-state index in [-0.39, 0.29) is 6.61 Å². The zero-order valence-electron chi connectivity index (χ0n) is 9.20. The second-order valence-corrected chi connectivity index (χ2v) is 3.49. The van der Waals surface area contributed by atoms with Crippen molar-refractivity contribution in [3.63, 3.8) is 0 Å². The fourth-order valence-electron chi connectivity index (χ4n) is 1.23. The van der Waals surface area contributed by atoms with E-state index >= 15 is 0 Å². The summed E-state index contributed by atoms with van der Waals surface area (Å²) in [5.74, 6) is 0.919. The van der Waals surface area contributed by atoms with Crippen molar-refractivity contribution in [2.24, 2.45) is 0 Å². The molecule has 0 fully saturated rings. The molecule has 3 heteroatoms. The Hall–Kier alpha value is -1.06. The van der Waals surface area contributed by atoms with Crippen LogP contribution in [0, 0.1) is 6.92 Å². The van der Waals surface area contributed by atoms with Gasteiger partial charge in [-0.25, -0.2) is 0 Å². The Morgan fingerprint density at radius 2 is 1.93 bits per heavy atom. The largest absolute Gasteiger partial charge is 0.494 e. The van der Waals surface area contributed by atoms with Gasteiger partial charge in [0.2, 0.25) is 0 Å². The number of aryl methyl sites for hydroxylation is 1. The molecule has 0 aliphatic carbocycles. The van der Waals surface area contributed by atoms with Crippen LogP contribution in [-0.2, 0) is 0 Å². The van der Waals surface area contributed by atoms with Gasteiger partial charge >= 0.3 is 0 Å². The number of rotatable bonds is 7. The molecule has 0 spiro atoms. The number of ether oxygens (including phenoxy) is 1. The average molecular weight is 209 g/mol. The Kier molecular flexibility index (Phi) is 5.81. The third kappa shape index (κ3) is 5.40. The van der Waals surface area contributed by atoms with Crippen molar-refractivity contribution >= 4 is 0 Å². The first-order valence-corrected chi connectivity index (χ1v) is 5.34. The minimum Gasteiger partial charge on any atom is -0.494 e. The number of nitrogens with one attached hydrogen (secondary N) is 1. The molecule has 3 nitrogen and oxygen atoms in total. The molecule has 0 aliphatic rings. The van der Waals surface area contributed by atoms with E-state index in [1.54, 1.807) is 0 Å². The van der Waals surface area contributed by atoms with Gasteiger partial charge in [0, 0.05) is 6.54 Å². The molecule has 0 heterocycles. The van der Waals surface area contributed by atoms with Crippen molar-refractivity contribution in [2.75, 3.05) is 26.3 Å². The highest BCUT2D eigenvalue weighted by atomic mass is 16.5. The number of benzene rings is 1. The highest BCUT2D eigenvalue weighted by Gasteiger charge is 1.92. The molecular weight excluding hydrogens is 190 g/mol. The molecule has 0 aromatic heterocycles. The predicted octanol–water partition coefficient (Wildman–Crippen LogP) is 1.35. The van der Waals surface area contributed by atoms with E-state index < -0.39 is 0 Å². The van der Waals surface area contributed by atoms with Gasteiger partial charge in [-0.2, -0.15) is 0 Å². The summed E-state index contributed by atoms with van der Waals surface area (Å²) in [6.45, 7) is 4.50. The van der Waals surface area contributed by atoms with Crippen LogP contribution in [0.1, 0.15) is 12.0 Å². The SMILES string of the molecule is Cc1ccc(OCCCNCCO)cc1. The average Bonchev–Trinajstić information content (AvgIpc) is 2.26. The Bertz CT molecular complexity index is 259. The number of hydrogen-bond donors (Lipinski definition) is 2. The van der Waals surface area contributed by atoms with Crippen LogP contribution in [-0.4, -0.2) is 31.4 Å². The van der Waals surface area contributed by atoms with Crippen LogP contribution in [0.3, 0.4) is 0 Å². The molecule has 0 radical (unpaired) electrons. The number of hydrogen-bond acceptors (Lipinski definition) is 3. The highest BCUT2D eigenvalue weighted by Crippen LogP contribution is 2.11. The van der Waals surface area contributed by atoms with Crippen LogP contribution in [0.2, 0.25) is 0 Å². The van der Waals surface area contributed by atoms with Crippen LogP contribution < -0.4 is 10.1 Å². The molecular formula is C12H19NO2. The summed E-state index contributed by atoms with van der Waals surface area (Å²) in [6.07, 6.45) is 0.952. The van der Waals surface area contributed by atoms with Crippen molar-refractivity contribution in [3.8, 4) is 5.75 Å². The first-order chi connectivity index (χ1) is 7.33. The molecule has 0 saturated carbocycles. The summed E-state index contributed by atoms with van der Waals surface area (Å²) in [6, 6.07) is 8.05. The molecule has 0 aliphatic heterocycles. The summed E-state index contributed by atoms with van der Waals surface area (Å²) in [5.41, 5.74) is 1.24. The van der Waals surface area contributed by atoms with Gasteiger partial charge < -0.3 is 15.2 Å². The Morgan fingerprint density at radius 3 is 2.60 bits per heavy atom. The quantitative estimate of drug-likeness (QED) is 0.666. The van der Waals surface area contributed by atoms with Gasteiger partial charge in [0.1, 0.15) is 5.75 Å². The molecule has 0 bridgehead atoms. The fraction of sp³-hybridized carbons (Fsp3) is 0.500. The molecule has 0 amide bonds. The monoisotopic (exact) mass is 209 g/mol. The standard InChI is InChI=1S/C12H19NO2/c1-11-3-5-12(6-4-11)15-10-2-7-13-8-9-14/h3-6,13-14H,2,7-10H2,1H3. The normalized spacial score (nSPS) is 10.3. The van der Waals surface area contributed by atoms with E-state index in [0.29, 0.717) is 13.2 Å². The summed E-state index contributed by atoms with van der Waals surface area (Å²) in [5, 5.41) is 11.6. The van der Waals surface area contributed by atoms with E-state index in [9.17, 15) is 0 Å². The summed E-state index contributed by atoms with van der Waals surface area (Å²) >= 11 is 0. The van der Waals surface area contributed by atoms with Gasteiger partial charge in [0.05, 0.1) is 13.2 Å². The van der Waals surface area contributed by atoms with Gasteiger partial charge in [-0.3, -0.25) is 0 Å². The van der Waals surface area contributed by atoms with Crippen LogP contribution in [0.25, 0.3) is 0 Å². The Morgan fingerprint density at radius 1 is 1.20 bits per heavy atom. The van der Waals surface area contributed by atoms with Gasteiger partial charge in [-0.05, 0) is 32.0 Å². The van der Waals surface area contributed by atoms with E-state index in [0.717, 1.165) is 18.7 Å². The van der Waals surface area contributed by atoms with Crippen LogP contribution >= 0.6 is 0 Å². The Labute approximate surface area is 91.1 Å². The van der Waals surface area contributed by atoms with Crippen LogP contribution in [0.5, 0.6) is 5.75 Å². The van der Waals surface area contributed by atoms with Crippen LogP contribution in [0.4, 0.5) is 0 Å². The smallest absolute Gasteiger partial charge is 0.119 e. The lowest BCUT2D eigenvalue weighted by Gasteiger charge is -2.06. The van der Waals surface area contributed by atoms with Crippen molar-refractivity contribution in [3.05, 3.63) is 29.8 Å². The maximum atomic E-state index is 8.53. The lowest BCUT2D eigenvalue weighted by atomic mass is 10.2. The summed E-state index contributed by atoms with van der Waals surface area (Å²) in [4.78, 5) is 0. The van der Waals surface area contributed by atoms with Gasteiger partial charge in [0.25, 0.3) is 0 Å². The molecule has 1 rings (SSSR count). The van der Waals surface area contributed by atoms with E-state index in [4.69, 9.17) is 9.84 Å². The summed E-state index contributed by atoms with van der Waals surface area (Å²) < 4.78 is 5.54. The molecule has 15 heavy (non-hydrogen) atoms. The minimum atomic E-state index is 0.193. The second kappa shape index (κ2) is 7.26. The lowest BCUT2D eigenvalue weighted by Crippen LogP contribution is -2.20. The van der Waals surface area contributed by atoms with Crippen molar-refractivity contribution < 1.29 is 9.84 Å². The van der Waals surface area contributed by atoms with Gasteiger partial charge in [-0.1, -0.05) is 17.7 Å². The van der Waals surface area contributed by atoms with Crippen molar-refractivity contribution in [2.45, 2.75) is 13.3 Å². The highest BCUT2D eigenvalue weighted by molar-refractivity contribution is 5.26. The van der Waals surface area contributed by atoms with E-state index in [1.165, 1.54) is 5.56 Å². The third-order valence-electron chi connectivity index (χ3n) is 2.08. The van der Waals surface area contributed by atoms with Crippen molar-refractivity contribution in [1.29, 1.82) is 0 Å². The molecule has 0 atom stereocenters. The molecule has 1 aromatic carbocycles. The van der Waals surface area contributed by atoms with E-state index in [1.807, 2.05) is 24.3 Å². The predicted molar refractivity (Wildman–Crippen MR) is 61.2 cm³/mol. The zero-order chi connectivity index (χ0) is 10.9. The molecule has 0 saturated heterocycles. The van der Waals surface area contributed by atoms with Crippen LogP contribution in [0.15, 0.2) is 24.3 Å². The lowest BCUT2D eigenvalue weighted by molar-refractivity contribution is 0.282. The second-order valence-electron chi connectivity index (χ2n) is 3.49. The summed E-state index contributed by atoms with van der Waals surface area (Å²) in [7, 11) is 0. The first-order valence-electron chi connectivity index (χ1n) is 5.34. The third-order valence-corrected chi connectivity index (χ3v) is 2.08. The first kappa shape index (κ1) is 12.0. The Balaban J connectivity index is 2.07. The maximum absolute atomic E-state index is 8.53. The zero-order valence-corrected chi connectivity index (χ0v) is 9.20. The van der Waals surface area contributed by atoms with Crippen molar-refractivity contribution in [1.82, 2.24) is 5.32 Å². The molecule has 0 unspecified atom stereocenters. The van der Waals surface area contributed by atoms with Gasteiger partial charge in [-0.15, -0.1) is 0 Å². The van der Waals surface area contributed by atoms with Gasteiger partial charge in [0.15, 0.2) is 0 Å². The minimum absolute atomic E-state index is 0.193. The number of aliphatic hydroxyl groups excluding tert-OH is 1. The molecule has 2 N–H and O–H groups in total. The van der Waals surface area contributed by atoms with E-state index in [2.05, 4.69) is 12.2 Å². The number of aliphatic hydroxyl groups is 1. The maximum Gasteiger partial charge on any atom is 0.119 e. The fourth-order valence-corrected chi connectivity index (χ4v) is 1.23. The topological polar surface area (TPSA) is 41.5 Å².